The monoisotopic (exact) mass is 247 g/mol. The molecule has 1 aromatic heterocycles. The van der Waals surface area contributed by atoms with Crippen LogP contribution in [0, 0.1) is 0 Å². The summed E-state index contributed by atoms with van der Waals surface area (Å²) in [6.07, 6.45) is 8.77. The highest BCUT2D eigenvalue weighted by Crippen LogP contribution is 2.22. The van der Waals surface area contributed by atoms with Gasteiger partial charge in [-0.15, -0.1) is 0 Å². The quantitative estimate of drug-likeness (QED) is 0.817. The second kappa shape index (κ2) is 5.85. The number of nitrogens with two attached hydrogens (primary N) is 1. The largest absolute Gasteiger partial charge is 0.397 e. The maximum absolute atomic E-state index is 12.3. The molecule has 0 aliphatic heterocycles. The Bertz CT molecular complexity index is 394. The number of amides is 1. The number of hydrogen-bond donors (Lipinski definition) is 1. The predicted octanol–water partition coefficient (Wildman–Crippen LogP) is 2.46. The summed E-state index contributed by atoms with van der Waals surface area (Å²) in [5, 5.41) is 0. The van der Waals surface area contributed by atoms with Crippen molar-refractivity contribution in [1.29, 1.82) is 0 Å². The van der Waals surface area contributed by atoms with Crippen molar-refractivity contribution in [3.63, 3.8) is 0 Å². The van der Waals surface area contributed by atoms with Crippen LogP contribution in [0.4, 0.5) is 5.69 Å². The molecule has 0 bridgehead atoms. The van der Waals surface area contributed by atoms with Gasteiger partial charge in [-0.05, 0) is 25.0 Å². The van der Waals surface area contributed by atoms with Gasteiger partial charge in [0.05, 0.1) is 11.9 Å². The molecule has 2 N–H and O–H groups in total. The highest BCUT2D eigenvalue weighted by Gasteiger charge is 2.22. The molecule has 0 atom stereocenters. The lowest BCUT2D eigenvalue weighted by atomic mass is 10.1. The topological polar surface area (TPSA) is 59.2 Å². The van der Waals surface area contributed by atoms with Crippen molar-refractivity contribution in [2.45, 2.75) is 44.6 Å². The van der Waals surface area contributed by atoms with E-state index < -0.39 is 0 Å². The van der Waals surface area contributed by atoms with Crippen LogP contribution in [0.5, 0.6) is 0 Å². The molecule has 4 nitrogen and oxygen atoms in total. The van der Waals surface area contributed by atoms with E-state index >= 15 is 0 Å². The molecule has 0 aromatic carbocycles. The minimum Gasteiger partial charge on any atom is -0.397 e. The summed E-state index contributed by atoms with van der Waals surface area (Å²) in [5.41, 5.74) is 6.65. The number of nitrogen functional groups attached to an aromatic ring is 1. The van der Waals surface area contributed by atoms with Gasteiger partial charge in [0.1, 0.15) is 5.69 Å². The molecular formula is C14H21N3O. The second-order valence-corrected chi connectivity index (χ2v) is 5.04. The molecule has 4 heteroatoms. The molecule has 1 saturated carbocycles. The van der Waals surface area contributed by atoms with Crippen molar-refractivity contribution >= 4 is 11.6 Å². The fourth-order valence-corrected chi connectivity index (χ4v) is 2.52. The van der Waals surface area contributed by atoms with Crippen LogP contribution in [0.3, 0.4) is 0 Å². The summed E-state index contributed by atoms with van der Waals surface area (Å²) in [4.78, 5) is 18.2. The fraction of sp³-hybridized carbons (Fsp3) is 0.571. The summed E-state index contributed by atoms with van der Waals surface area (Å²) in [6.45, 7) is 0. The first kappa shape index (κ1) is 12.9. The Morgan fingerprint density at radius 2 is 1.94 bits per heavy atom. The zero-order chi connectivity index (χ0) is 13.0. The van der Waals surface area contributed by atoms with Gasteiger partial charge < -0.3 is 10.6 Å². The van der Waals surface area contributed by atoms with Crippen molar-refractivity contribution < 1.29 is 4.79 Å². The molecule has 1 fully saturated rings. The van der Waals surface area contributed by atoms with E-state index in [-0.39, 0.29) is 5.91 Å². The standard InChI is InChI=1S/C14H21N3O/c1-17(12-6-4-2-3-5-7-12)14(18)13-9-8-11(15)10-16-13/h8-10,12H,2-7,15H2,1H3. The zero-order valence-electron chi connectivity index (χ0n) is 10.9. The number of aromatic nitrogens is 1. The van der Waals surface area contributed by atoms with E-state index in [1.165, 1.54) is 31.9 Å². The van der Waals surface area contributed by atoms with Crippen LogP contribution in [0.2, 0.25) is 0 Å². The molecular weight excluding hydrogens is 226 g/mol. The van der Waals surface area contributed by atoms with Crippen LogP contribution in [0.25, 0.3) is 0 Å². The maximum Gasteiger partial charge on any atom is 0.272 e. The van der Waals surface area contributed by atoms with E-state index in [4.69, 9.17) is 5.73 Å². The van der Waals surface area contributed by atoms with Gasteiger partial charge in [0.25, 0.3) is 5.91 Å². The third kappa shape index (κ3) is 3.00. The Balaban J connectivity index is 2.05. The first-order valence-electron chi connectivity index (χ1n) is 6.67. The van der Waals surface area contributed by atoms with Crippen molar-refractivity contribution in [1.82, 2.24) is 9.88 Å². The summed E-state index contributed by atoms with van der Waals surface area (Å²) < 4.78 is 0. The lowest BCUT2D eigenvalue weighted by Gasteiger charge is -2.26. The molecule has 98 valence electrons. The molecule has 1 aliphatic carbocycles. The number of carbonyl (C=O) groups is 1. The number of pyridine rings is 1. The van der Waals surface area contributed by atoms with Crippen molar-refractivity contribution in [3.05, 3.63) is 24.0 Å². The smallest absolute Gasteiger partial charge is 0.272 e. The molecule has 0 unspecified atom stereocenters. The number of rotatable bonds is 2. The van der Waals surface area contributed by atoms with Gasteiger partial charge in [-0.1, -0.05) is 25.7 Å². The zero-order valence-corrected chi connectivity index (χ0v) is 10.9. The summed E-state index contributed by atoms with van der Waals surface area (Å²) in [5.74, 6) is 0.00176. The molecule has 1 heterocycles. The van der Waals surface area contributed by atoms with Crippen LogP contribution in [0.1, 0.15) is 49.0 Å². The summed E-state index contributed by atoms with van der Waals surface area (Å²) >= 11 is 0. The first-order chi connectivity index (χ1) is 8.68. The first-order valence-corrected chi connectivity index (χ1v) is 6.67. The molecule has 0 spiro atoms. The van der Waals surface area contributed by atoms with Gasteiger partial charge in [-0.25, -0.2) is 4.98 Å². The van der Waals surface area contributed by atoms with E-state index in [2.05, 4.69) is 4.98 Å². The normalized spacial score (nSPS) is 17.2. The lowest BCUT2D eigenvalue weighted by Crippen LogP contribution is -2.37. The van der Waals surface area contributed by atoms with Crippen LogP contribution in [-0.2, 0) is 0 Å². The van der Waals surface area contributed by atoms with Crippen molar-refractivity contribution in [2.75, 3.05) is 12.8 Å². The van der Waals surface area contributed by atoms with Gasteiger partial charge in [0.2, 0.25) is 0 Å². The molecule has 1 amide bonds. The van der Waals surface area contributed by atoms with E-state index in [1.54, 1.807) is 12.1 Å². The average molecular weight is 247 g/mol. The number of nitrogens with zero attached hydrogens (tertiary/aromatic N) is 2. The maximum atomic E-state index is 12.3. The Morgan fingerprint density at radius 3 is 2.50 bits per heavy atom. The molecule has 1 aromatic rings. The van der Waals surface area contributed by atoms with Gasteiger partial charge in [-0.3, -0.25) is 4.79 Å². The Labute approximate surface area is 108 Å². The number of anilines is 1. The second-order valence-electron chi connectivity index (χ2n) is 5.04. The van der Waals surface area contributed by atoms with E-state index in [9.17, 15) is 4.79 Å². The molecule has 2 rings (SSSR count). The Kier molecular flexibility index (Phi) is 4.18. The Morgan fingerprint density at radius 1 is 1.28 bits per heavy atom. The van der Waals surface area contributed by atoms with Crippen LogP contribution in [-0.4, -0.2) is 28.9 Å². The van der Waals surface area contributed by atoms with Gasteiger partial charge in [0.15, 0.2) is 0 Å². The van der Waals surface area contributed by atoms with E-state index in [0.29, 0.717) is 17.4 Å². The minimum atomic E-state index is 0.00176. The molecule has 0 saturated heterocycles. The molecule has 18 heavy (non-hydrogen) atoms. The summed E-state index contributed by atoms with van der Waals surface area (Å²) in [6, 6.07) is 3.78. The highest BCUT2D eigenvalue weighted by molar-refractivity contribution is 5.92. The van der Waals surface area contributed by atoms with Gasteiger partial charge in [-0.2, -0.15) is 0 Å². The van der Waals surface area contributed by atoms with Crippen LogP contribution >= 0.6 is 0 Å². The van der Waals surface area contributed by atoms with Gasteiger partial charge >= 0.3 is 0 Å². The van der Waals surface area contributed by atoms with Crippen molar-refractivity contribution in [2.24, 2.45) is 0 Å². The number of carbonyl (C=O) groups excluding carboxylic acids is 1. The van der Waals surface area contributed by atoms with Crippen LogP contribution < -0.4 is 5.73 Å². The Hall–Kier alpha value is -1.58. The minimum absolute atomic E-state index is 0.00176. The lowest BCUT2D eigenvalue weighted by molar-refractivity contribution is 0.0712. The fourth-order valence-electron chi connectivity index (χ4n) is 2.52. The number of hydrogen-bond acceptors (Lipinski definition) is 3. The van der Waals surface area contributed by atoms with E-state index in [0.717, 1.165) is 12.8 Å². The molecule has 1 aliphatic rings. The SMILES string of the molecule is CN(C(=O)c1ccc(N)cn1)C1CCCCCC1. The predicted molar refractivity (Wildman–Crippen MR) is 72.2 cm³/mol. The molecule has 0 radical (unpaired) electrons. The van der Waals surface area contributed by atoms with Crippen LogP contribution in [0.15, 0.2) is 18.3 Å². The third-order valence-electron chi connectivity index (χ3n) is 3.70. The third-order valence-corrected chi connectivity index (χ3v) is 3.70. The highest BCUT2D eigenvalue weighted by atomic mass is 16.2. The summed E-state index contributed by atoms with van der Waals surface area (Å²) in [7, 11) is 1.89. The van der Waals surface area contributed by atoms with Crippen molar-refractivity contribution in [3.8, 4) is 0 Å². The van der Waals surface area contributed by atoms with E-state index in [1.807, 2.05) is 11.9 Å². The van der Waals surface area contributed by atoms with Gasteiger partial charge in [0, 0.05) is 13.1 Å². The average Bonchev–Trinajstić information content (AvgIpc) is 2.67.